The van der Waals surface area contributed by atoms with Crippen LogP contribution in [-0.2, 0) is 9.53 Å². The van der Waals surface area contributed by atoms with E-state index in [1.54, 1.807) is 0 Å². The van der Waals surface area contributed by atoms with Crippen LogP contribution in [0.3, 0.4) is 0 Å². The summed E-state index contributed by atoms with van der Waals surface area (Å²) in [4.78, 5) is 11.3. The second-order valence-corrected chi connectivity index (χ2v) is 3.47. The van der Waals surface area contributed by atoms with Crippen molar-refractivity contribution in [2.24, 2.45) is 0 Å². The lowest BCUT2D eigenvalue weighted by atomic mass is 9.94. The third kappa shape index (κ3) is 3.79. The zero-order valence-corrected chi connectivity index (χ0v) is 9.35. The van der Waals surface area contributed by atoms with E-state index in [4.69, 9.17) is 4.74 Å². The van der Waals surface area contributed by atoms with Crippen LogP contribution in [0.2, 0.25) is 0 Å². The molecule has 0 radical (unpaired) electrons. The predicted octanol–water partition coefficient (Wildman–Crippen LogP) is 3.30. The summed E-state index contributed by atoms with van der Waals surface area (Å²) in [5.41, 5.74) is -0.202. The van der Waals surface area contributed by atoms with Gasteiger partial charge in [0.2, 0.25) is 0 Å². The number of carbonyl (C=O) groups excluding carboxylic acids is 1. The highest BCUT2D eigenvalue weighted by Crippen LogP contribution is 2.25. The van der Waals surface area contributed by atoms with Gasteiger partial charge in [0.25, 0.3) is 0 Å². The Morgan fingerprint density at radius 3 is 1.85 bits per heavy atom. The lowest BCUT2D eigenvalue weighted by Crippen LogP contribution is -2.32. The second kappa shape index (κ2) is 6.01. The minimum absolute atomic E-state index is 0.0481. The Kier molecular flexibility index (Phi) is 5.76. The molecule has 2 nitrogen and oxygen atoms in total. The van der Waals surface area contributed by atoms with Crippen LogP contribution in [0.5, 0.6) is 0 Å². The van der Waals surface area contributed by atoms with Crippen LogP contribution in [-0.4, -0.2) is 11.6 Å². The third-order valence-electron chi connectivity index (χ3n) is 2.72. The van der Waals surface area contributed by atoms with Crippen molar-refractivity contribution in [1.29, 1.82) is 0 Å². The van der Waals surface area contributed by atoms with Crippen LogP contribution >= 0.6 is 0 Å². The van der Waals surface area contributed by atoms with E-state index in [-0.39, 0.29) is 11.6 Å². The fourth-order valence-corrected chi connectivity index (χ4v) is 1.46. The molecule has 0 saturated heterocycles. The van der Waals surface area contributed by atoms with Gasteiger partial charge in [0.15, 0.2) is 0 Å². The third-order valence-corrected chi connectivity index (χ3v) is 2.72. The second-order valence-electron chi connectivity index (χ2n) is 3.47. The maximum absolute atomic E-state index is 11.3. The molecule has 0 heterocycles. The molecule has 0 aliphatic carbocycles. The number of rotatable bonds is 6. The molecule has 13 heavy (non-hydrogen) atoms. The molecular formula is C11H22O2. The van der Waals surface area contributed by atoms with E-state index in [9.17, 15) is 4.79 Å². The molecule has 0 aliphatic rings. The van der Waals surface area contributed by atoms with Gasteiger partial charge in [-0.25, -0.2) is 0 Å². The lowest BCUT2D eigenvalue weighted by Gasteiger charge is -2.30. The smallest absolute Gasteiger partial charge is 0.306 e. The standard InChI is InChI=1S/C11H22O2/c1-5-9-10(12)13-11(6-2,7-3)8-4/h5-9H2,1-4H3. The minimum Gasteiger partial charge on any atom is -0.459 e. The van der Waals surface area contributed by atoms with Crippen molar-refractivity contribution in [2.45, 2.75) is 65.4 Å². The minimum atomic E-state index is -0.202. The van der Waals surface area contributed by atoms with Gasteiger partial charge < -0.3 is 4.74 Å². The molecule has 78 valence electrons. The molecule has 0 aromatic carbocycles. The number of hydrogen-bond donors (Lipinski definition) is 0. The van der Waals surface area contributed by atoms with Crippen molar-refractivity contribution in [3.05, 3.63) is 0 Å². The number of ether oxygens (including phenoxy) is 1. The molecule has 0 spiro atoms. The van der Waals surface area contributed by atoms with Crippen molar-refractivity contribution in [3.8, 4) is 0 Å². The van der Waals surface area contributed by atoms with Crippen LogP contribution in [0.15, 0.2) is 0 Å². The van der Waals surface area contributed by atoms with Gasteiger partial charge in [-0.05, 0) is 25.7 Å². The van der Waals surface area contributed by atoms with Crippen molar-refractivity contribution >= 4 is 5.97 Å². The first-order chi connectivity index (χ1) is 6.14. The molecule has 0 atom stereocenters. The summed E-state index contributed by atoms with van der Waals surface area (Å²) in [6.07, 6.45) is 4.15. The average Bonchev–Trinajstić information content (AvgIpc) is 2.15. The van der Waals surface area contributed by atoms with Crippen molar-refractivity contribution in [1.82, 2.24) is 0 Å². The SMILES string of the molecule is CCCC(=O)OC(CC)(CC)CC. The van der Waals surface area contributed by atoms with E-state index in [2.05, 4.69) is 20.8 Å². The van der Waals surface area contributed by atoms with E-state index in [0.717, 1.165) is 25.7 Å². The fourth-order valence-electron chi connectivity index (χ4n) is 1.46. The number of carbonyl (C=O) groups is 1. The summed E-state index contributed by atoms with van der Waals surface area (Å²) in [6, 6.07) is 0. The molecule has 0 amide bonds. The lowest BCUT2D eigenvalue weighted by molar-refractivity contribution is -0.161. The van der Waals surface area contributed by atoms with Gasteiger partial charge >= 0.3 is 5.97 Å². The summed E-state index contributed by atoms with van der Waals surface area (Å²) in [5.74, 6) is -0.0481. The van der Waals surface area contributed by atoms with E-state index in [1.165, 1.54) is 0 Å². The fraction of sp³-hybridized carbons (Fsp3) is 0.909. The average molecular weight is 186 g/mol. The van der Waals surface area contributed by atoms with Crippen LogP contribution < -0.4 is 0 Å². The molecule has 2 heteroatoms. The summed E-state index contributed by atoms with van der Waals surface area (Å²) < 4.78 is 5.49. The van der Waals surface area contributed by atoms with E-state index in [1.807, 2.05) is 6.92 Å². The van der Waals surface area contributed by atoms with Crippen molar-refractivity contribution in [3.63, 3.8) is 0 Å². The van der Waals surface area contributed by atoms with E-state index < -0.39 is 0 Å². The Morgan fingerprint density at radius 1 is 1.08 bits per heavy atom. The predicted molar refractivity (Wildman–Crippen MR) is 54.6 cm³/mol. The molecular weight excluding hydrogens is 164 g/mol. The van der Waals surface area contributed by atoms with Gasteiger partial charge in [-0.15, -0.1) is 0 Å². The highest BCUT2D eigenvalue weighted by atomic mass is 16.6. The molecule has 0 aromatic heterocycles. The van der Waals surface area contributed by atoms with Gasteiger partial charge in [0.05, 0.1) is 0 Å². The van der Waals surface area contributed by atoms with Gasteiger partial charge in [-0.1, -0.05) is 27.7 Å². The summed E-state index contributed by atoms with van der Waals surface area (Å²) in [5, 5.41) is 0. The summed E-state index contributed by atoms with van der Waals surface area (Å²) >= 11 is 0. The first-order valence-corrected chi connectivity index (χ1v) is 5.36. The Morgan fingerprint density at radius 2 is 1.54 bits per heavy atom. The first-order valence-electron chi connectivity index (χ1n) is 5.36. The van der Waals surface area contributed by atoms with Crippen LogP contribution in [0.25, 0.3) is 0 Å². The maximum atomic E-state index is 11.3. The zero-order valence-electron chi connectivity index (χ0n) is 9.35. The molecule has 0 fully saturated rings. The molecule has 0 unspecified atom stereocenters. The molecule has 0 rings (SSSR count). The zero-order chi connectivity index (χ0) is 10.3. The highest BCUT2D eigenvalue weighted by Gasteiger charge is 2.27. The quantitative estimate of drug-likeness (QED) is 0.595. The van der Waals surface area contributed by atoms with Gasteiger partial charge in [-0.2, -0.15) is 0 Å². The number of hydrogen-bond acceptors (Lipinski definition) is 2. The molecule has 0 N–H and O–H groups in total. The Hall–Kier alpha value is -0.530. The van der Waals surface area contributed by atoms with Crippen LogP contribution in [0.1, 0.15) is 59.8 Å². The maximum Gasteiger partial charge on any atom is 0.306 e. The summed E-state index contributed by atoms with van der Waals surface area (Å²) in [6.45, 7) is 8.22. The Balaban J connectivity index is 4.16. The van der Waals surface area contributed by atoms with Crippen molar-refractivity contribution < 1.29 is 9.53 Å². The Bertz CT molecular complexity index is 140. The molecule has 0 aliphatic heterocycles. The summed E-state index contributed by atoms with van der Waals surface area (Å²) in [7, 11) is 0. The van der Waals surface area contributed by atoms with Gasteiger partial charge in [0, 0.05) is 6.42 Å². The topological polar surface area (TPSA) is 26.3 Å². The van der Waals surface area contributed by atoms with E-state index >= 15 is 0 Å². The van der Waals surface area contributed by atoms with E-state index in [0.29, 0.717) is 6.42 Å². The van der Waals surface area contributed by atoms with Gasteiger partial charge in [-0.3, -0.25) is 4.79 Å². The normalized spacial score (nSPS) is 11.4. The number of esters is 1. The Labute approximate surface area is 81.7 Å². The van der Waals surface area contributed by atoms with Crippen LogP contribution in [0.4, 0.5) is 0 Å². The first kappa shape index (κ1) is 12.5. The molecule has 0 aromatic rings. The largest absolute Gasteiger partial charge is 0.459 e. The molecule has 0 bridgehead atoms. The van der Waals surface area contributed by atoms with Crippen LogP contribution in [0, 0.1) is 0 Å². The molecule has 0 saturated carbocycles. The van der Waals surface area contributed by atoms with Gasteiger partial charge in [0.1, 0.15) is 5.60 Å². The monoisotopic (exact) mass is 186 g/mol. The highest BCUT2D eigenvalue weighted by molar-refractivity contribution is 5.69. The van der Waals surface area contributed by atoms with Crippen molar-refractivity contribution in [2.75, 3.05) is 0 Å².